The van der Waals surface area contributed by atoms with Gasteiger partial charge in [-0.1, -0.05) is 0 Å². The van der Waals surface area contributed by atoms with Crippen molar-refractivity contribution in [2.45, 2.75) is 52.0 Å². The molecule has 4 nitrogen and oxygen atoms in total. The fraction of sp³-hybridized carbons (Fsp3) is 0.625. The topological polar surface area (TPSA) is 49.4 Å². The molecular formula is C16H26N2O2S. The Morgan fingerprint density at radius 3 is 1.86 bits per heavy atom. The van der Waals surface area contributed by atoms with Crippen molar-refractivity contribution < 1.29 is 8.42 Å². The highest BCUT2D eigenvalue weighted by atomic mass is 32.2. The molecule has 1 saturated heterocycles. The molecule has 1 N–H and O–H groups in total. The van der Waals surface area contributed by atoms with Crippen LogP contribution in [0.3, 0.4) is 0 Å². The van der Waals surface area contributed by atoms with Crippen LogP contribution in [0.4, 0.5) is 0 Å². The maximum Gasteiger partial charge on any atom is 0.243 e. The van der Waals surface area contributed by atoms with Crippen molar-refractivity contribution in [2.24, 2.45) is 0 Å². The molecule has 21 heavy (non-hydrogen) atoms. The smallest absolute Gasteiger partial charge is 0.243 e. The SMILES string of the molecule is CNC1CCN(S(=O)(=O)c2c(C)c(C)c(C)c(C)c2C)C1. The third kappa shape index (κ3) is 2.62. The van der Waals surface area contributed by atoms with Gasteiger partial charge in [0.15, 0.2) is 0 Å². The van der Waals surface area contributed by atoms with Gasteiger partial charge in [-0.25, -0.2) is 8.42 Å². The van der Waals surface area contributed by atoms with Crippen LogP contribution in [-0.2, 0) is 10.0 Å². The Morgan fingerprint density at radius 2 is 1.43 bits per heavy atom. The number of benzene rings is 1. The Hall–Kier alpha value is -0.910. The number of nitrogens with one attached hydrogen (secondary N) is 1. The summed E-state index contributed by atoms with van der Waals surface area (Å²) in [5.74, 6) is 0. The predicted octanol–water partition coefficient (Wildman–Crippen LogP) is 2.21. The molecular weight excluding hydrogens is 284 g/mol. The van der Waals surface area contributed by atoms with E-state index in [0.717, 1.165) is 28.7 Å². The molecule has 1 aliphatic rings. The van der Waals surface area contributed by atoms with E-state index in [2.05, 4.69) is 12.2 Å². The molecule has 2 rings (SSSR count). The summed E-state index contributed by atoms with van der Waals surface area (Å²) in [6, 6.07) is 0.257. The molecule has 0 saturated carbocycles. The minimum Gasteiger partial charge on any atom is -0.316 e. The molecule has 118 valence electrons. The molecule has 0 aliphatic carbocycles. The molecule has 0 aromatic heterocycles. The van der Waals surface area contributed by atoms with Crippen LogP contribution in [0, 0.1) is 34.6 Å². The Labute approximate surface area is 128 Å². The summed E-state index contributed by atoms with van der Waals surface area (Å²) in [5.41, 5.74) is 5.15. The molecule has 5 heteroatoms. The van der Waals surface area contributed by atoms with Gasteiger partial charge in [-0.15, -0.1) is 0 Å². The summed E-state index contributed by atoms with van der Waals surface area (Å²) < 4.78 is 27.7. The number of rotatable bonds is 3. The average Bonchev–Trinajstić information content (AvgIpc) is 2.92. The van der Waals surface area contributed by atoms with Crippen LogP contribution in [-0.4, -0.2) is 38.9 Å². The Kier molecular flexibility index (Phi) is 4.47. The van der Waals surface area contributed by atoms with Gasteiger partial charge in [0.2, 0.25) is 10.0 Å². The van der Waals surface area contributed by atoms with E-state index in [1.165, 1.54) is 5.56 Å². The van der Waals surface area contributed by atoms with Gasteiger partial charge in [-0.05, 0) is 75.9 Å². The summed E-state index contributed by atoms with van der Waals surface area (Å²) in [6.45, 7) is 11.1. The normalized spacial score (nSPS) is 20.2. The predicted molar refractivity (Wildman–Crippen MR) is 86.4 cm³/mol. The molecule has 1 atom stereocenters. The fourth-order valence-electron chi connectivity index (χ4n) is 3.16. The summed E-state index contributed by atoms with van der Waals surface area (Å²) in [7, 11) is -1.53. The van der Waals surface area contributed by atoms with Gasteiger partial charge < -0.3 is 5.32 Å². The standard InChI is InChI=1S/C16H26N2O2S/c1-10-11(2)13(4)16(14(5)12(10)3)21(19,20)18-8-7-15(9-18)17-6/h15,17H,7-9H2,1-6H3. The van der Waals surface area contributed by atoms with Gasteiger partial charge in [0.05, 0.1) is 4.90 Å². The van der Waals surface area contributed by atoms with E-state index in [0.29, 0.717) is 18.0 Å². The highest BCUT2D eigenvalue weighted by Gasteiger charge is 2.34. The van der Waals surface area contributed by atoms with Crippen molar-refractivity contribution >= 4 is 10.0 Å². The zero-order valence-corrected chi connectivity index (χ0v) is 14.7. The van der Waals surface area contributed by atoms with Crippen molar-refractivity contribution in [2.75, 3.05) is 20.1 Å². The first-order valence-electron chi connectivity index (χ1n) is 7.46. The van der Waals surface area contributed by atoms with Gasteiger partial charge in [0.25, 0.3) is 0 Å². The molecule has 1 aliphatic heterocycles. The first-order valence-corrected chi connectivity index (χ1v) is 8.90. The Bertz CT molecular complexity index is 636. The van der Waals surface area contributed by atoms with E-state index in [1.54, 1.807) is 4.31 Å². The maximum absolute atomic E-state index is 13.1. The number of nitrogens with zero attached hydrogens (tertiary/aromatic N) is 1. The van der Waals surface area contributed by atoms with Gasteiger partial charge in [0.1, 0.15) is 0 Å². The molecule has 0 radical (unpaired) electrons. The van der Waals surface area contributed by atoms with Crippen LogP contribution in [0.2, 0.25) is 0 Å². The van der Waals surface area contributed by atoms with Crippen LogP contribution in [0.5, 0.6) is 0 Å². The lowest BCUT2D eigenvalue weighted by Crippen LogP contribution is -2.34. The van der Waals surface area contributed by atoms with Crippen LogP contribution in [0.25, 0.3) is 0 Å². The van der Waals surface area contributed by atoms with Crippen LogP contribution >= 0.6 is 0 Å². The first kappa shape index (κ1) is 16.5. The molecule has 0 spiro atoms. The van der Waals surface area contributed by atoms with Gasteiger partial charge in [-0.3, -0.25) is 0 Å². The number of likely N-dealkylation sites (N-methyl/N-ethyl adjacent to an activating group) is 1. The van der Waals surface area contributed by atoms with E-state index < -0.39 is 10.0 Å². The molecule has 1 fully saturated rings. The lowest BCUT2D eigenvalue weighted by molar-refractivity contribution is 0.463. The van der Waals surface area contributed by atoms with E-state index >= 15 is 0 Å². The average molecular weight is 310 g/mol. The second-order valence-corrected chi connectivity index (χ2v) is 7.97. The lowest BCUT2D eigenvalue weighted by atomic mass is 9.95. The zero-order chi connectivity index (χ0) is 15.9. The maximum atomic E-state index is 13.1. The van der Waals surface area contributed by atoms with Crippen molar-refractivity contribution in [1.82, 2.24) is 9.62 Å². The van der Waals surface area contributed by atoms with E-state index in [-0.39, 0.29) is 6.04 Å². The lowest BCUT2D eigenvalue weighted by Gasteiger charge is -2.23. The molecule has 1 aromatic rings. The summed E-state index contributed by atoms with van der Waals surface area (Å²) in [4.78, 5) is 0.514. The van der Waals surface area contributed by atoms with Crippen molar-refractivity contribution in [3.05, 3.63) is 27.8 Å². The minimum absolute atomic E-state index is 0.257. The quantitative estimate of drug-likeness (QED) is 0.931. The van der Waals surface area contributed by atoms with Gasteiger partial charge >= 0.3 is 0 Å². The second-order valence-electron chi connectivity index (χ2n) is 6.09. The second kappa shape index (κ2) is 5.71. The molecule has 0 amide bonds. The van der Waals surface area contributed by atoms with Gasteiger partial charge in [0, 0.05) is 19.1 Å². The van der Waals surface area contributed by atoms with Crippen LogP contribution < -0.4 is 5.32 Å². The highest BCUT2D eigenvalue weighted by Crippen LogP contribution is 2.32. The molecule has 1 heterocycles. The zero-order valence-electron chi connectivity index (χ0n) is 13.9. The number of hydrogen-bond acceptors (Lipinski definition) is 3. The van der Waals surface area contributed by atoms with Crippen molar-refractivity contribution in [3.8, 4) is 0 Å². The first-order chi connectivity index (χ1) is 9.71. The van der Waals surface area contributed by atoms with E-state index in [9.17, 15) is 8.42 Å². The van der Waals surface area contributed by atoms with Gasteiger partial charge in [-0.2, -0.15) is 4.31 Å². The molecule has 1 aromatic carbocycles. The highest BCUT2D eigenvalue weighted by molar-refractivity contribution is 7.89. The number of sulfonamides is 1. The van der Waals surface area contributed by atoms with E-state index in [1.807, 2.05) is 34.7 Å². The number of hydrogen-bond donors (Lipinski definition) is 1. The monoisotopic (exact) mass is 310 g/mol. The molecule has 0 bridgehead atoms. The van der Waals surface area contributed by atoms with E-state index in [4.69, 9.17) is 0 Å². The minimum atomic E-state index is -3.41. The van der Waals surface area contributed by atoms with Crippen molar-refractivity contribution in [1.29, 1.82) is 0 Å². The summed E-state index contributed by atoms with van der Waals surface area (Å²) in [6.07, 6.45) is 0.873. The summed E-state index contributed by atoms with van der Waals surface area (Å²) in [5, 5.41) is 3.17. The molecule has 1 unspecified atom stereocenters. The summed E-state index contributed by atoms with van der Waals surface area (Å²) >= 11 is 0. The Balaban J connectivity index is 2.56. The van der Waals surface area contributed by atoms with Crippen molar-refractivity contribution in [3.63, 3.8) is 0 Å². The third-order valence-electron chi connectivity index (χ3n) is 5.09. The Morgan fingerprint density at radius 1 is 0.952 bits per heavy atom. The van der Waals surface area contributed by atoms with Crippen LogP contribution in [0.15, 0.2) is 4.90 Å². The third-order valence-corrected chi connectivity index (χ3v) is 7.23. The fourth-order valence-corrected chi connectivity index (χ4v) is 5.22. The van der Waals surface area contributed by atoms with Crippen LogP contribution in [0.1, 0.15) is 34.2 Å². The largest absolute Gasteiger partial charge is 0.316 e.